The zero-order valence-corrected chi connectivity index (χ0v) is 7.55. The first kappa shape index (κ1) is 9.00. The molecule has 0 bridgehead atoms. The van der Waals surface area contributed by atoms with Crippen LogP contribution in [0, 0.1) is 0 Å². The van der Waals surface area contributed by atoms with Gasteiger partial charge in [0.25, 0.3) is 5.56 Å². The molecule has 0 radical (unpaired) electrons. The highest BCUT2D eigenvalue weighted by molar-refractivity contribution is 6.32. The molecule has 0 spiro atoms. The minimum absolute atomic E-state index is 0.143. The second-order valence-corrected chi connectivity index (χ2v) is 2.85. The third-order valence-corrected chi connectivity index (χ3v) is 2.08. The summed E-state index contributed by atoms with van der Waals surface area (Å²) in [6, 6.07) is 2.76. The van der Waals surface area contributed by atoms with Crippen molar-refractivity contribution in [3.63, 3.8) is 0 Å². The molecule has 0 aliphatic heterocycles. The van der Waals surface area contributed by atoms with Crippen LogP contribution in [-0.4, -0.2) is 10.4 Å². The van der Waals surface area contributed by atoms with Gasteiger partial charge in [-0.05, 0) is 13.0 Å². The van der Waals surface area contributed by atoms with E-state index in [1.807, 2.05) is 0 Å². The smallest absolute Gasteiger partial charge is 0.251 e. The molecule has 4 heteroatoms. The van der Waals surface area contributed by atoms with Crippen molar-refractivity contribution in [2.45, 2.75) is 6.92 Å². The molecule has 3 nitrogen and oxygen atoms in total. The van der Waals surface area contributed by atoms with Gasteiger partial charge in [-0.2, -0.15) is 0 Å². The van der Waals surface area contributed by atoms with Crippen LogP contribution in [0.15, 0.2) is 16.9 Å². The molecule has 12 heavy (non-hydrogen) atoms. The van der Waals surface area contributed by atoms with Gasteiger partial charge in [-0.1, -0.05) is 11.6 Å². The number of rotatable bonds is 1. The van der Waals surface area contributed by atoms with Gasteiger partial charge in [0.1, 0.15) is 5.15 Å². The third kappa shape index (κ3) is 1.41. The molecule has 0 saturated carbocycles. The Hall–Kier alpha value is -1.09. The van der Waals surface area contributed by atoms with Crippen LogP contribution in [0.25, 0.3) is 0 Å². The molecule has 0 fully saturated rings. The van der Waals surface area contributed by atoms with Crippen LogP contribution in [0.5, 0.6) is 0 Å². The molecule has 0 unspecified atom stereocenters. The monoisotopic (exact) mass is 185 g/mol. The number of Topliss-reactive ketones (excluding diaryl/α,β-unsaturated/α-hetero) is 1. The third-order valence-electron chi connectivity index (χ3n) is 1.62. The van der Waals surface area contributed by atoms with E-state index in [1.165, 1.54) is 30.7 Å². The van der Waals surface area contributed by atoms with E-state index in [9.17, 15) is 9.59 Å². The van der Waals surface area contributed by atoms with Crippen molar-refractivity contribution in [2.75, 3.05) is 0 Å². The van der Waals surface area contributed by atoms with Crippen LogP contribution in [0.3, 0.4) is 0 Å². The zero-order chi connectivity index (χ0) is 9.30. The SMILES string of the molecule is CC(=O)c1ccc(=O)n(C)c1Cl. The van der Waals surface area contributed by atoms with Crippen molar-refractivity contribution in [3.8, 4) is 0 Å². The van der Waals surface area contributed by atoms with E-state index in [1.54, 1.807) is 0 Å². The molecule has 1 rings (SSSR count). The largest absolute Gasteiger partial charge is 0.302 e. The summed E-state index contributed by atoms with van der Waals surface area (Å²) in [4.78, 5) is 21.9. The van der Waals surface area contributed by atoms with Gasteiger partial charge in [-0.25, -0.2) is 0 Å². The summed E-state index contributed by atoms with van der Waals surface area (Å²) in [7, 11) is 1.52. The van der Waals surface area contributed by atoms with Crippen LogP contribution < -0.4 is 5.56 Å². The summed E-state index contributed by atoms with van der Waals surface area (Å²) in [6.45, 7) is 1.41. The Balaban J connectivity index is 3.47. The number of carbonyl (C=O) groups excluding carboxylic acids is 1. The molecule has 0 aromatic carbocycles. The van der Waals surface area contributed by atoms with Gasteiger partial charge in [0.2, 0.25) is 0 Å². The number of hydrogen-bond acceptors (Lipinski definition) is 2. The normalized spacial score (nSPS) is 9.92. The number of hydrogen-bond donors (Lipinski definition) is 0. The minimum Gasteiger partial charge on any atom is -0.302 e. The van der Waals surface area contributed by atoms with Crippen LogP contribution >= 0.6 is 11.6 Å². The Morgan fingerprint density at radius 3 is 2.58 bits per heavy atom. The Morgan fingerprint density at radius 1 is 1.50 bits per heavy atom. The first-order chi connectivity index (χ1) is 5.54. The van der Waals surface area contributed by atoms with Crippen LogP contribution in [0.1, 0.15) is 17.3 Å². The van der Waals surface area contributed by atoms with Crippen molar-refractivity contribution < 1.29 is 4.79 Å². The van der Waals surface area contributed by atoms with Gasteiger partial charge in [0.05, 0.1) is 5.56 Å². The number of carbonyl (C=O) groups is 1. The lowest BCUT2D eigenvalue weighted by molar-refractivity contribution is 0.101. The quantitative estimate of drug-likeness (QED) is 0.488. The Morgan fingerprint density at radius 2 is 2.08 bits per heavy atom. The Kier molecular flexibility index (Phi) is 2.33. The molecule has 1 aromatic rings. The Bertz CT molecular complexity index is 381. The molecule has 0 N–H and O–H groups in total. The topological polar surface area (TPSA) is 39.1 Å². The summed E-state index contributed by atoms with van der Waals surface area (Å²) in [5, 5.41) is 0.190. The molecule has 1 heterocycles. The molecule has 64 valence electrons. The van der Waals surface area contributed by atoms with E-state index in [2.05, 4.69) is 0 Å². The van der Waals surface area contributed by atoms with E-state index in [0.29, 0.717) is 5.56 Å². The van der Waals surface area contributed by atoms with Gasteiger partial charge in [-0.3, -0.25) is 9.59 Å². The average molecular weight is 186 g/mol. The van der Waals surface area contributed by atoms with Crippen molar-refractivity contribution in [1.29, 1.82) is 0 Å². The second-order valence-electron chi connectivity index (χ2n) is 2.49. The molecule has 0 saturated heterocycles. The molecule has 0 atom stereocenters. The van der Waals surface area contributed by atoms with Gasteiger partial charge < -0.3 is 4.57 Å². The first-order valence-corrected chi connectivity index (χ1v) is 3.78. The fourth-order valence-electron chi connectivity index (χ4n) is 0.875. The first-order valence-electron chi connectivity index (χ1n) is 3.40. The van der Waals surface area contributed by atoms with Gasteiger partial charge >= 0.3 is 0 Å². The zero-order valence-electron chi connectivity index (χ0n) is 6.80. The molecule has 1 aromatic heterocycles. The fraction of sp³-hybridized carbons (Fsp3) is 0.250. The molecular weight excluding hydrogens is 178 g/mol. The highest BCUT2D eigenvalue weighted by Gasteiger charge is 2.07. The summed E-state index contributed by atoms with van der Waals surface area (Å²) in [5.41, 5.74) is 0.156. The van der Waals surface area contributed by atoms with Crippen LogP contribution in [0.4, 0.5) is 0 Å². The van der Waals surface area contributed by atoms with Crippen LogP contribution in [0.2, 0.25) is 5.15 Å². The maximum Gasteiger partial charge on any atom is 0.251 e. The summed E-state index contributed by atoms with van der Waals surface area (Å²) < 4.78 is 1.23. The van der Waals surface area contributed by atoms with Crippen molar-refractivity contribution >= 4 is 17.4 Å². The van der Waals surface area contributed by atoms with E-state index >= 15 is 0 Å². The summed E-state index contributed by atoms with van der Waals surface area (Å²) in [6.07, 6.45) is 0. The predicted octanol–water partition coefficient (Wildman–Crippen LogP) is 1.24. The van der Waals surface area contributed by atoms with E-state index < -0.39 is 0 Å². The second kappa shape index (κ2) is 3.11. The van der Waals surface area contributed by atoms with E-state index in [0.717, 1.165) is 0 Å². The average Bonchev–Trinajstić information content (AvgIpc) is 2.00. The standard InChI is InChI=1S/C8H8ClNO2/c1-5(11)6-3-4-7(12)10(2)8(6)9/h3-4H,1-2H3. The number of ketones is 1. The number of pyridine rings is 1. The summed E-state index contributed by atoms with van der Waals surface area (Å²) in [5.74, 6) is -0.143. The minimum atomic E-state index is -0.218. The lowest BCUT2D eigenvalue weighted by Gasteiger charge is -2.03. The lowest BCUT2D eigenvalue weighted by Crippen LogP contribution is -2.17. The van der Waals surface area contributed by atoms with Gasteiger partial charge in [0, 0.05) is 13.1 Å². The number of nitrogens with zero attached hydrogens (tertiary/aromatic N) is 1. The Labute approximate surface area is 74.6 Å². The maximum absolute atomic E-state index is 11.0. The molecule has 0 aliphatic carbocycles. The fourth-order valence-corrected chi connectivity index (χ4v) is 1.15. The van der Waals surface area contributed by atoms with Crippen molar-refractivity contribution in [1.82, 2.24) is 4.57 Å². The summed E-state index contributed by atoms with van der Waals surface area (Å²) >= 11 is 5.74. The van der Waals surface area contributed by atoms with E-state index in [-0.39, 0.29) is 16.5 Å². The highest BCUT2D eigenvalue weighted by Crippen LogP contribution is 2.12. The van der Waals surface area contributed by atoms with Crippen molar-refractivity contribution in [3.05, 3.63) is 33.2 Å². The number of halogens is 1. The maximum atomic E-state index is 11.0. The number of aromatic nitrogens is 1. The predicted molar refractivity (Wildman–Crippen MR) is 46.7 cm³/mol. The van der Waals surface area contributed by atoms with Gasteiger partial charge in [0.15, 0.2) is 5.78 Å². The lowest BCUT2D eigenvalue weighted by atomic mass is 10.2. The molecular formula is C8H8ClNO2. The molecule has 0 amide bonds. The van der Waals surface area contributed by atoms with Gasteiger partial charge in [-0.15, -0.1) is 0 Å². The molecule has 0 aliphatic rings. The highest BCUT2D eigenvalue weighted by atomic mass is 35.5. The van der Waals surface area contributed by atoms with Crippen LogP contribution in [-0.2, 0) is 7.05 Å². The van der Waals surface area contributed by atoms with E-state index in [4.69, 9.17) is 11.6 Å². The van der Waals surface area contributed by atoms with Crippen molar-refractivity contribution in [2.24, 2.45) is 7.05 Å².